The van der Waals surface area contributed by atoms with Gasteiger partial charge in [0.25, 0.3) is 5.91 Å². The summed E-state index contributed by atoms with van der Waals surface area (Å²) in [5.74, 6) is 4.18. The Kier molecular flexibility index (Phi) is 4.99. The summed E-state index contributed by atoms with van der Waals surface area (Å²) >= 11 is 0. The van der Waals surface area contributed by atoms with Gasteiger partial charge in [-0.25, -0.2) is 10.2 Å². The van der Waals surface area contributed by atoms with Crippen LogP contribution in [0.25, 0.3) is 0 Å². The molecule has 1 aromatic carbocycles. The van der Waals surface area contributed by atoms with Gasteiger partial charge in [-0.1, -0.05) is 0 Å². The zero-order chi connectivity index (χ0) is 14.6. The van der Waals surface area contributed by atoms with E-state index in [9.17, 15) is 14.3 Å². The fourth-order valence-electron chi connectivity index (χ4n) is 1.93. The molecule has 0 aliphatic rings. The normalized spacial score (nSPS) is 11.7. The van der Waals surface area contributed by atoms with E-state index in [0.717, 1.165) is 0 Å². The summed E-state index contributed by atoms with van der Waals surface area (Å²) in [6.45, 7) is 4.04. The molecule has 0 saturated heterocycles. The molecule has 0 radical (unpaired) electrons. The van der Waals surface area contributed by atoms with E-state index < -0.39 is 17.3 Å². The summed E-state index contributed by atoms with van der Waals surface area (Å²) in [7, 11) is 1.77. The fraction of sp³-hybridized carbons (Fsp3) is 0.462. The van der Waals surface area contributed by atoms with Crippen LogP contribution in [0.4, 0.5) is 4.39 Å². The molecule has 19 heavy (non-hydrogen) atoms. The molecular weight excluding hydrogens is 249 g/mol. The predicted octanol–water partition coefficient (Wildman–Crippen LogP) is 0.632. The molecule has 0 fully saturated rings. The van der Waals surface area contributed by atoms with Gasteiger partial charge < -0.3 is 5.11 Å². The molecule has 4 N–H and O–H groups in total. The standard InChI is InChI=1S/C13H20FN3O2/c1-13(2,19)8-17(3)7-10-6-9(12(18)16-15)4-5-11(10)14/h4-6,19H,7-8,15H2,1-3H3,(H,16,18). The Hall–Kier alpha value is -1.50. The van der Waals surface area contributed by atoms with Crippen molar-refractivity contribution in [2.45, 2.75) is 26.0 Å². The molecule has 0 aliphatic heterocycles. The first-order chi connectivity index (χ1) is 8.73. The second-order valence-electron chi connectivity index (χ2n) is 5.26. The largest absolute Gasteiger partial charge is 0.389 e. The van der Waals surface area contributed by atoms with Crippen LogP contribution in [0, 0.1) is 5.82 Å². The van der Waals surface area contributed by atoms with E-state index >= 15 is 0 Å². The van der Waals surface area contributed by atoms with Gasteiger partial charge in [-0.05, 0) is 39.1 Å². The predicted molar refractivity (Wildman–Crippen MR) is 70.7 cm³/mol. The van der Waals surface area contributed by atoms with Crippen LogP contribution in [0.15, 0.2) is 18.2 Å². The lowest BCUT2D eigenvalue weighted by Gasteiger charge is -2.25. The molecule has 0 spiro atoms. The minimum Gasteiger partial charge on any atom is -0.389 e. The first kappa shape index (κ1) is 15.6. The van der Waals surface area contributed by atoms with E-state index in [-0.39, 0.29) is 0 Å². The number of hydrogen-bond donors (Lipinski definition) is 3. The van der Waals surface area contributed by atoms with E-state index in [1.807, 2.05) is 5.43 Å². The molecule has 1 rings (SSSR count). The van der Waals surface area contributed by atoms with Gasteiger partial charge in [-0.3, -0.25) is 15.1 Å². The Morgan fingerprint density at radius 2 is 2.16 bits per heavy atom. The number of rotatable bonds is 5. The summed E-state index contributed by atoms with van der Waals surface area (Å²) in [5.41, 5.74) is 1.82. The average Bonchev–Trinajstić information content (AvgIpc) is 2.28. The second kappa shape index (κ2) is 6.10. The number of amides is 1. The van der Waals surface area contributed by atoms with Crippen molar-refractivity contribution < 1.29 is 14.3 Å². The number of nitrogens with one attached hydrogen (secondary N) is 1. The monoisotopic (exact) mass is 269 g/mol. The van der Waals surface area contributed by atoms with Crippen LogP contribution < -0.4 is 11.3 Å². The maximum atomic E-state index is 13.7. The number of nitrogens with two attached hydrogens (primary N) is 1. The first-order valence-electron chi connectivity index (χ1n) is 5.93. The highest BCUT2D eigenvalue weighted by Gasteiger charge is 2.17. The van der Waals surface area contributed by atoms with E-state index in [1.54, 1.807) is 25.8 Å². The molecule has 0 aromatic heterocycles. The Balaban J connectivity index is 2.85. The number of aliphatic hydroxyl groups is 1. The number of halogens is 1. The SMILES string of the molecule is CN(Cc1cc(C(=O)NN)ccc1F)CC(C)(C)O. The van der Waals surface area contributed by atoms with Gasteiger partial charge in [-0.2, -0.15) is 0 Å². The van der Waals surface area contributed by atoms with E-state index in [4.69, 9.17) is 5.84 Å². The van der Waals surface area contributed by atoms with Crippen molar-refractivity contribution in [3.05, 3.63) is 35.1 Å². The molecule has 0 unspecified atom stereocenters. The van der Waals surface area contributed by atoms with Crippen LogP contribution in [-0.4, -0.2) is 35.1 Å². The van der Waals surface area contributed by atoms with Gasteiger partial charge in [0.05, 0.1) is 5.60 Å². The number of hydrazine groups is 1. The minimum atomic E-state index is -0.864. The summed E-state index contributed by atoms with van der Waals surface area (Å²) in [6, 6.07) is 4.06. The number of likely N-dealkylation sites (N-methyl/N-ethyl adjacent to an activating group) is 1. The number of nitrogens with zero attached hydrogens (tertiary/aromatic N) is 1. The summed E-state index contributed by atoms with van der Waals surface area (Å²) < 4.78 is 13.7. The summed E-state index contributed by atoms with van der Waals surface area (Å²) in [4.78, 5) is 13.2. The van der Waals surface area contributed by atoms with Crippen LogP contribution in [0.5, 0.6) is 0 Å². The van der Waals surface area contributed by atoms with Crippen LogP contribution in [-0.2, 0) is 6.54 Å². The molecule has 1 amide bonds. The number of carbonyl (C=O) groups excluding carboxylic acids is 1. The van der Waals surface area contributed by atoms with Gasteiger partial charge in [0.15, 0.2) is 0 Å². The summed E-state index contributed by atoms with van der Waals surface area (Å²) in [5, 5.41) is 9.70. The van der Waals surface area contributed by atoms with Crippen LogP contribution >= 0.6 is 0 Å². The van der Waals surface area contributed by atoms with Gasteiger partial charge in [0.2, 0.25) is 0 Å². The Bertz CT molecular complexity index is 458. The Labute approximate surface area is 112 Å². The van der Waals surface area contributed by atoms with Crippen molar-refractivity contribution in [2.24, 2.45) is 5.84 Å². The van der Waals surface area contributed by atoms with Gasteiger partial charge in [0.1, 0.15) is 5.82 Å². The molecule has 5 nitrogen and oxygen atoms in total. The lowest BCUT2D eigenvalue weighted by Crippen LogP contribution is -2.36. The van der Waals surface area contributed by atoms with Crippen LogP contribution in [0.1, 0.15) is 29.8 Å². The molecule has 0 atom stereocenters. The molecule has 0 heterocycles. The van der Waals surface area contributed by atoms with Crippen molar-refractivity contribution in [3.8, 4) is 0 Å². The lowest BCUT2D eigenvalue weighted by atomic mass is 10.1. The third-order valence-corrected chi connectivity index (χ3v) is 2.54. The van der Waals surface area contributed by atoms with Crippen molar-refractivity contribution in [3.63, 3.8) is 0 Å². The van der Waals surface area contributed by atoms with Crippen molar-refractivity contribution in [1.29, 1.82) is 0 Å². The molecule has 0 bridgehead atoms. The van der Waals surface area contributed by atoms with E-state index in [0.29, 0.717) is 24.2 Å². The highest BCUT2D eigenvalue weighted by atomic mass is 19.1. The third-order valence-electron chi connectivity index (χ3n) is 2.54. The maximum Gasteiger partial charge on any atom is 0.265 e. The summed E-state index contributed by atoms with van der Waals surface area (Å²) in [6.07, 6.45) is 0. The maximum absolute atomic E-state index is 13.7. The molecule has 106 valence electrons. The number of carbonyl (C=O) groups is 1. The quantitative estimate of drug-likeness (QED) is 0.416. The topological polar surface area (TPSA) is 78.6 Å². The van der Waals surface area contributed by atoms with Crippen molar-refractivity contribution in [2.75, 3.05) is 13.6 Å². The third kappa shape index (κ3) is 4.94. The van der Waals surface area contributed by atoms with Crippen molar-refractivity contribution in [1.82, 2.24) is 10.3 Å². The molecule has 0 aliphatic carbocycles. The molecule has 6 heteroatoms. The van der Waals surface area contributed by atoms with Gasteiger partial charge >= 0.3 is 0 Å². The minimum absolute atomic E-state index is 0.293. The van der Waals surface area contributed by atoms with E-state index in [2.05, 4.69) is 0 Å². The molecule has 0 saturated carbocycles. The van der Waals surface area contributed by atoms with Crippen molar-refractivity contribution >= 4 is 5.91 Å². The van der Waals surface area contributed by atoms with Crippen LogP contribution in [0.2, 0.25) is 0 Å². The van der Waals surface area contributed by atoms with Gasteiger partial charge in [-0.15, -0.1) is 0 Å². The number of benzene rings is 1. The smallest absolute Gasteiger partial charge is 0.265 e. The first-order valence-corrected chi connectivity index (χ1v) is 5.93. The number of nitrogen functional groups attached to an aromatic ring is 1. The highest BCUT2D eigenvalue weighted by molar-refractivity contribution is 5.93. The Morgan fingerprint density at radius 3 is 2.68 bits per heavy atom. The zero-order valence-electron chi connectivity index (χ0n) is 11.4. The lowest BCUT2D eigenvalue weighted by molar-refractivity contribution is 0.0421. The number of hydrogen-bond acceptors (Lipinski definition) is 4. The van der Waals surface area contributed by atoms with Crippen LogP contribution in [0.3, 0.4) is 0 Å². The molecule has 1 aromatic rings. The Morgan fingerprint density at radius 1 is 1.53 bits per heavy atom. The average molecular weight is 269 g/mol. The molecular formula is C13H20FN3O2. The fourth-order valence-corrected chi connectivity index (χ4v) is 1.93. The highest BCUT2D eigenvalue weighted by Crippen LogP contribution is 2.14. The second-order valence-corrected chi connectivity index (χ2v) is 5.26. The van der Waals surface area contributed by atoms with E-state index in [1.165, 1.54) is 18.2 Å². The van der Waals surface area contributed by atoms with Gasteiger partial charge in [0, 0.05) is 24.2 Å². The zero-order valence-corrected chi connectivity index (χ0v) is 11.4.